The van der Waals surface area contributed by atoms with Gasteiger partial charge in [-0.25, -0.2) is 9.59 Å². The van der Waals surface area contributed by atoms with Crippen LogP contribution in [0, 0.1) is 0 Å². The van der Waals surface area contributed by atoms with Crippen molar-refractivity contribution in [2.24, 2.45) is 0 Å². The zero-order valence-corrected chi connectivity index (χ0v) is 16.4. The lowest BCUT2D eigenvalue weighted by atomic mass is 10.2. The van der Waals surface area contributed by atoms with Gasteiger partial charge in [-0.2, -0.15) is 0 Å². The SMILES string of the molecule is C=C(C)C(=O)OCCCCCOc1ccc(C(=O)Oc2ccc(C=O)cc2)cc1. The lowest BCUT2D eigenvalue weighted by Gasteiger charge is -2.08. The maximum absolute atomic E-state index is 12.2. The van der Waals surface area contributed by atoms with Crippen molar-refractivity contribution in [1.82, 2.24) is 0 Å². The lowest BCUT2D eigenvalue weighted by molar-refractivity contribution is -0.139. The molecule has 0 saturated heterocycles. The van der Waals surface area contributed by atoms with Crippen LogP contribution in [0.2, 0.25) is 0 Å². The summed E-state index contributed by atoms with van der Waals surface area (Å²) in [6.07, 6.45) is 3.19. The Labute approximate surface area is 170 Å². The first-order valence-electron chi connectivity index (χ1n) is 9.32. The van der Waals surface area contributed by atoms with Crippen molar-refractivity contribution in [3.05, 3.63) is 71.8 Å². The Morgan fingerprint density at radius 3 is 2.14 bits per heavy atom. The fourth-order valence-corrected chi connectivity index (χ4v) is 2.33. The van der Waals surface area contributed by atoms with Gasteiger partial charge in [0.05, 0.1) is 18.8 Å². The van der Waals surface area contributed by atoms with Crippen LogP contribution in [0.15, 0.2) is 60.7 Å². The third-order valence-corrected chi connectivity index (χ3v) is 3.96. The Hall–Kier alpha value is -3.41. The molecule has 0 N–H and O–H groups in total. The lowest BCUT2D eigenvalue weighted by Crippen LogP contribution is -2.08. The summed E-state index contributed by atoms with van der Waals surface area (Å²) in [4.78, 5) is 34.0. The Kier molecular flexibility index (Phi) is 8.63. The highest BCUT2D eigenvalue weighted by Gasteiger charge is 2.09. The van der Waals surface area contributed by atoms with Crippen molar-refractivity contribution < 1.29 is 28.6 Å². The van der Waals surface area contributed by atoms with Gasteiger partial charge in [0, 0.05) is 11.1 Å². The Morgan fingerprint density at radius 1 is 0.897 bits per heavy atom. The minimum absolute atomic E-state index is 0.363. The van der Waals surface area contributed by atoms with Crippen LogP contribution in [0.25, 0.3) is 0 Å². The molecule has 2 aromatic rings. The van der Waals surface area contributed by atoms with Gasteiger partial charge in [0.1, 0.15) is 17.8 Å². The molecule has 152 valence electrons. The molecule has 6 nitrogen and oxygen atoms in total. The fraction of sp³-hybridized carbons (Fsp3) is 0.261. The number of rotatable bonds is 11. The molecule has 29 heavy (non-hydrogen) atoms. The van der Waals surface area contributed by atoms with Crippen LogP contribution in [0.5, 0.6) is 11.5 Å². The molecule has 0 aliphatic heterocycles. The van der Waals surface area contributed by atoms with E-state index in [0.29, 0.717) is 41.4 Å². The second-order valence-corrected chi connectivity index (χ2v) is 6.43. The molecule has 0 atom stereocenters. The smallest absolute Gasteiger partial charge is 0.343 e. The highest BCUT2D eigenvalue weighted by molar-refractivity contribution is 5.91. The van der Waals surface area contributed by atoms with E-state index < -0.39 is 5.97 Å². The van der Waals surface area contributed by atoms with Crippen molar-refractivity contribution in [1.29, 1.82) is 0 Å². The largest absolute Gasteiger partial charge is 0.494 e. The predicted octanol–water partition coefficient (Wildman–Crippen LogP) is 4.39. The predicted molar refractivity (Wildman–Crippen MR) is 108 cm³/mol. The van der Waals surface area contributed by atoms with Crippen LogP contribution in [0.3, 0.4) is 0 Å². The van der Waals surface area contributed by atoms with Gasteiger partial charge in [-0.1, -0.05) is 6.58 Å². The number of carbonyl (C=O) groups excluding carboxylic acids is 3. The quantitative estimate of drug-likeness (QED) is 0.184. The molecule has 0 bridgehead atoms. The van der Waals surface area contributed by atoms with Crippen molar-refractivity contribution in [3.63, 3.8) is 0 Å². The van der Waals surface area contributed by atoms with Crippen molar-refractivity contribution >= 4 is 18.2 Å². The number of esters is 2. The normalized spacial score (nSPS) is 10.1. The number of unbranched alkanes of at least 4 members (excludes halogenated alkanes) is 2. The van der Waals surface area contributed by atoms with E-state index in [1.165, 1.54) is 0 Å². The molecule has 0 aliphatic rings. The summed E-state index contributed by atoms with van der Waals surface area (Å²) in [7, 11) is 0. The van der Waals surface area contributed by atoms with E-state index in [1.807, 2.05) is 0 Å². The third kappa shape index (κ3) is 7.62. The van der Waals surface area contributed by atoms with Crippen molar-refractivity contribution in [2.45, 2.75) is 26.2 Å². The Morgan fingerprint density at radius 2 is 1.52 bits per heavy atom. The summed E-state index contributed by atoms with van der Waals surface area (Å²) >= 11 is 0. The second-order valence-electron chi connectivity index (χ2n) is 6.43. The topological polar surface area (TPSA) is 78.9 Å². The van der Waals surface area contributed by atoms with E-state index in [4.69, 9.17) is 14.2 Å². The number of hydrogen-bond acceptors (Lipinski definition) is 6. The summed E-state index contributed by atoms with van der Waals surface area (Å²) in [5, 5.41) is 0. The van der Waals surface area contributed by atoms with Gasteiger partial charge in [0.2, 0.25) is 0 Å². The van der Waals surface area contributed by atoms with Crippen LogP contribution >= 0.6 is 0 Å². The van der Waals surface area contributed by atoms with E-state index >= 15 is 0 Å². The maximum Gasteiger partial charge on any atom is 0.343 e. The minimum atomic E-state index is -0.486. The summed E-state index contributed by atoms with van der Waals surface area (Å²) in [6, 6.07) is 13.0. The van der Waals surface area contributed by atoms with E-state index in [0.717, 1.165) is 25.5 Å². The van der Waals surface area contributed by atoms with Gasteiger partial charge < -0.3 is 14.2 Å². The minimum Gasteiger partial charge on any atom is -0.494 e. The summed E-state index contributed by atoms with van der Waals surface area (Å²) in [6.45, 7) is 6.05. The maximum atomic E-state index is 12.2. The van der Waals surface area contributed by atoms with E-state index in [9.17, 15) is 14.4 Å². The Balaban J connectivity index is 1.68. The molecule has 2 rings (SSSR count). The van der Waals surface area contributed by atoms with Crippen molar-refractivity contribution in [3.8, 4) is 11.5 Å². The van der Waals surface area contributed by atoms with Crippen LogP contribution in [-0.2, 0) is 9.53 Å². The van der Waals surface area contributed by atoms with E-state index in [-0.39, 0.29) is 5.97 Å². The van der Waals surface area contributed by atoms with Crippen molar-refractivity contribution in [2.75, 3.05) is 13.2 Å². The molecule has 0 heterocycles. The third-order valence-electron chi connectivity index (χ3n) is 3.96. The molecule has 6 heteroatoms. The number of benzene rings is 2. The van der Waals surface area contributed by atoms with Gasteiger partial charge in [0.25, 0.3) is 0 Å². The summed E-state index contributed by atoms with van der Waals surface area (Å²) < 4.78 is 15.9. The molecular weight excluding hydrogens is 372 g/mol. The average Bonchev–Trinajstić information content (AvgIpc) is 2.73. The molecule has 0 aliphatic carbocycles. The molecule has 0 amide bonds. The molecule has 0 aromatic heterocycles. The molecule has 0 fully saturated rings. The zero-order chi connectivity index (χ0) is 21.1. The van der Waals surface area contributed by atoms with Crippen LogP contribution in [0.4, 0.5) is 0 Å². The zero-order valence-electron chi connectivity index (χ0n) is 16.4. The number of hydrogen-bond donors (Lipinski definition) is 0. The van der Waals surface area contributed by atoms with Crippen LogP contribution in [-0.4, -0.2) is 31.4 Å². The molecule has 0 saturated carbocycles. The Bertz CT molecular complexity index is 837. The first kappa shape index (κ1) is 21.9. The van der Waals surface area contributed by atoms with E-state index in [1.54, 1.807) is 55.5 Å². The monoisotopic (exact) mass is 396 g/mol. The standard InChI is InChI=1S/C23H24O6/c1-17(2)22(25)28-15-5-3-4-14-27-20-12-8-19(9-13-20)23(26)29-21-10-6-18(16-24)7-11-21/h6-13,16H,1,3-5,14-15H2,2H3. The molecule has 0 unspecified atom stereocenters. The molecule has 0 spiro atoms. The molecular formula is C23H24O6. The highest BCUT2D eigenvalue weighted by Crippen LogP contribution is 2.16. The summed E-state index contributed by atoms with van der Waals surface area (Å²) in [5.74, 6) is 0.179. The van der Waals surface area contributed by atoms with Crippen LogP contribution in [0.1, 0.15) is 46.9 Å². The van der Waals surface area contributed by atoms with E-state index in [2.05, 4.69) is 6.58 Å². The summed E-state index contributed by atoms with van der Waals surface area (Å²) in [5.41, 5.74) is 1.31. The van der Waals surface area contributed by atoms with Gasteiger partial charge >= 0.3 is 11.9 Å². The second kappa shape index (κ2) is 11.4. The number of aldehydes is 1. The van der Waals surface area contributed by atoms with Gasteiger partial charge in [-0.15, -0.1) is 0 Å². The fourth-order valence-electron chi connectivity index (χ4n) is 2.33. The van der Waals surface area contributed by atoms with Gasteiger partial charge in [-0.05, 0) is 74.7 Å². The molecule has 0 radical (unpaired) electrons. The first-order valence-corrected chi connectivity index (χ1v) is 9.32. The van der Waals surface area contributed by atoms with Gasteiger partial charge in [-0.3, -0.25) is 4.79 Å². The highest BCUT2D eigenvalue weighted by atomic mass is 16.5. The average molecular weight is 396 g/mol. The molecule has 2 aromatic carbocycles. The van der Waals surface area contributed by atoms with Gasteiger partial charge in [0.15, 0.2) is 0 Å². The van der Waals surface area contributed by atoms with Crippen LogP contribution < -0.4 is 9.47 Å². The first-order chi connectivity index (χ1) is 14.0. The number of carbonyl (C=O) groups is 3. The number of ether oxygens (including phenoxy) is 3.